The van der Waals surface area contributed by atoms with E-state index in [1.54, 1.807) is 25.1 Å². The van der Waals surface area contributed by atoms with Crippen molar-refractivity contribution in [2.75, 3.05) is 12.3 Å². The first-order valence-electron chi connectivity index (χ1n) is 6.64. The molecule has 1 aromatic carbocycles. The lowest BCUT2D eigenvalue weighted by atomic mass is 10.1. The highest BCUT2D eigenvalue weighted by Crippen LogP contribution is 2.13. The van der Waals surface area contributed by atoms with Gasteiger partial charge in [-0.2, -0.15) is 0 Å². The van der Waals surface area contributed by atoms with Gasteiger partial charge < -0.3 is 15.8 Å². The number of nitrogen functional groups attached to an aromatic ring is 1. The summed E-state index contributed by atoms with van der Waals surface area (Å²) >= 11 is 0. The van der Waals surface area contributed by atoms with E-state index < -0.39 is 5.97 Å². The number of rotatable bonds is 5. The molecule has 1 atom stereocenters. The minimum atomic E-state index is -0.540. The fourth-order valence-electron chi connectivity index (χ4n) is 1.53. The Kier molecular flexibility index (Phi) is 5.55. The summed E-state index contributed by atoms with van der Waals surface area (Å²) < 4.78 is 5.00. The molecule has 0 saturated heterocycles. The van der Waals surface area contributed by atoms with Crippen LogP contribution in [-0.4, -0.2) is 24.5 Å². The molecule has 0 fully saturated rings. The summed E-state index contributed by atoms with van der Waals surface area (Å²) in [7, 11) is 0. The normalized spacial score (nSPS) is 12.1. The van der Waals surface area contributed by atoms with Crippen LogP contribution in [-0.2, 0) is 9.53 Å². The zero-order valence-electron chi connectivity index (χ0n) is 12.4. The van der Waals surface area contributed by atoms with Gasteiger partial charge >= 0.3 is 5.97 Å². The molecule has 0 bridgehead atoms. The molecule has 3 N–H and O–H groups in total. The molecule has 0 aromatic heterocycles. The van der Waals surface area contributed by atoms with E-state index in [0.717, 1.165) is 5.56 Å². The number of hydrogen-bond donors (Lipinski definition) is 2. The first-order chi connectivity index (χ1) is 9.31. The van der Waals surface area contributed by atoms with Crippen LogP contribution in [0.4, 0.5) is 5.69 Å². The van der Waals surface area contributed by atoms with Crippen LogP contribution in [0.5, 0.6) is 0 Å². The van der Waals surface area contributed by atoms with E-state index in [2.05, 4.69) is 5.32 Å². The molecule has 0 spiro atoms. The Morgan fingerprint density at radius 2 is 1.95 bits per heavy atom. The van der Waals surface area contributed by atoms with Crippen molar-refractivity contribution in [2.24, 2.45) is 5.92 Å². The maximum Gasteiger partial charge on any atom is 0.338 e. The second kappa shape index (κ2) is 6.93. The van der Waals surface area contributed by atoms with Crippen molar-refractivity contribution in [3.8, 4) is 0 Å². The lowest BCUT2D eigenvalue weighted by Gasteiger charge is -2.17. The van der Waals surface area contributed by atoms with Crippen molar-refractivity contribution in [3.63, 3.8) is 0 Å². The second-order valence-corrected chi connectivity index (χ2v) is 5.25. The third-order valence-electron chi connectivity index (χ3n) is 3.20. The van der Waals surface area contributed by atoms with E-state index in [1.165, 1.54) is 0 Å². The van der Waals surface area contributed by atoms with Crippen molar-refractivity contribution in [2.45, 2.75) is 33.7 Å². The summed E-state index contributed by atoms with van der Waals surface area (Å²) in [4.78, 5) is 23.5. The van der Waals surface area contributed by atoms with Crippen LogP contribution in [0.1, 0.15) is 36.7 Å². The number of amides is 1. The van der Waals surface area contributed by atoms with Crippen LogP contribution in [0, 0.1) is 12.8 Å². The average Bonchev–Trinajstić information content (AvgIpc) is 2.38. The zero-order valence-corrected chi connectivity index (χ0v) is 12.4. The number of nitrogens with one attached hydrogen (secondary N) is 1. The predicted molar refractivity (Wildman–Crippen MR) is 78.3 cm³/mol. The van der Waals surface area contributed by atoms with Crippen molar-refractivity contribution >= 4 is 17.6 Å². The first kappa shape index (κ1) is 16.0. The summed E-state index contributed by atoms with van der Waals surface area (Å²) in [5.41, 5.74) is 7.27. The minimum absolute atomic E-state index is 0.0373. The van der Waals surface area contributed by atoms with E-state index >= 15 is 0 Å². The summed E-state index contributed by atoms with van der Waals surface area (Å²) in [6.45, 7) is 7.42. The fourth-order valence-corrected chi connectivity index (χ4v) is 1.53. The first-order valence-corrected chi connectivity index (χ1v) is 6.64. The van der Waals surface area contributed by atoms with Crippen molar-refractivity contribution in [1.82, 2.24) is 5.32 Å². The molecule has 1 unspecified atom stereocenters. The monoisotopic (exact) mass is 278 g/mol. The fraction of sp³-hybridized carbons (Fsp3) is 0.467. The van der Waals surface area contributed by atoms with E-state index in [9.17, 15) is 9.59 Å². The SMILES string of the molecule is Cc1ccc(N)cc1C(=O)OCC(=O)NC(C)C(C)C. The Labute approximate surface area is 119 Å². The Morgan fingerprint density at radius 1 is 1.30 bits per heavy atom. The number of carbonyl (C=O) groups is 2. The molecule has 1 aromatic rings. The molecule has 0 radical (unpaired) electrons. The van der Waals surface area contributed by atoms with E-state index in [4.69, 9.17) is 10.5 Å². The number of anilines is 1. The van der Waals surface area contributed by atoms with Gasteiger partial charge in [-0.1, -0.05) is 19.9 Å². The van der Waals surface area contributed by atoms with Crippen LogP contribution in [0.2, 0.25) is 0 Å². The van der Waals surface area contributed by atoms with Gasteiger partial charge in [-0.25, -0.2) is 4.79 Å². The molecule has 110 valence electrons. The molecular weight excluding hydrogens is 256 g/mol. The van der Waals surface area contributed by atoms with Crippen molar-refractivity contribution in [3.05, 3.63) is 29.3 Å². The lowest BCUT2D eigenvalue weighted by Crippen LogP contribution is -2.38. The standard InChI is InChI=1S/C15H22N2O3/c1-9(2)11(4)17-14(18)8-20-15(19)13-7-12(16)6-5-10(13)3/h5-7,9,11H,8,16H2,1-4H3,(H,17,18). The average molecular weight is 278 g/mol. The topological polar surface area (TPSA) is 81.4 Å². The highest BCUT2D eigenvalue weighted by atomic mass is 16.5. The maximum atomic E-state index is 11.9. The Balaban J connectivity index is 2.55. The van der Waals surface area contributed by atoms with Gasteiger partial charge in [-0.3, -0.25) is 4.79 Å². The highest BCUT2D eigenvalue weighted by molar-refractivity contribution is 5.93. The number of benzene rings is 1. The van der Waals surface area contributed by atoms with Gasteiger partial charge in [-0.05, 0) is 37.5 Å². The number of ether oxygens (including phenoxy) is 1. The summed E-state index contributed by atoms with van der Waals surface area (Å²) in [5.74, 6) is -0.519. The summed E-state index contributed by atoms with van der Waals surface area (Å²) in [5, 5.41) is 2.77. The van der Waals surface area contributed by atoms with Gasteiger partial charge in [0.15, 0.2) is 6.61 Å². The van der Waals surface area contributed by atoms with Crippen LogP contribution in [0.25, 0.3) is 0 Å². The third-order valence-corrected chi connectivity index (χ3v) is 3.20. The van der Waals surface area contributed by atoms with Gasteiger partial charge in [0.25, 0.3) is 5.91 Å². The summed E-state index contributed by atoms with van der Waals surface area (Å²) in [6.07, 6.45) is 0. The minimum Gasteiger partial charge on any atom is -0.452 e. The van der Waals surface area contributed by atoms with Crippen LogP contribution >= 0.6 is 0 Å². The second-order valence-electron chi connectivity index (χ2n) is 5.25. The molecule has 0 saturated carbocycles. The number of hydrogen-bond acceptors (Lipinski definition) is 4. The number of carbonyl (C=O) groups excluding carboxylic acids is 2. The van der Waals surface area contributed by atoms with E-state index in [0.29, 0.717) is 17.2 Å². The van der Waals surface area contributed by atoms with Gasteiger partial charge in [0.05, 0.1) is 5.56 Å². The number of aryl methyl sites for hydroxylation is 1. The highest BCUT2D eigenvalue weighted by Gasteiger charge is 2.15. The smallest absolute Gasteiger partial charge is 0.338 e. The Hall–Kier alpha value is -2.04. The Morgan fingerprint density at radius 3 is 2.55 bits per heavy atom. The molecule has 0 aliphatic rings. The molecule has 1 amide bonds. The van der Waals surface area contributed by atoms with Gasteiger partial charge in [0.1, 0.15) is 0 Å². The van der Waals surface area contributed by atoms with E-state index in [-0.39, 0.29) is 18.6 Å². The lowest BCUT2D eigenvalue weighted by molar-refractivity contribution is -0.125. The zero-order chi connectivity index (χ0) is 15.3. The summed E-state index contributed by atoms with van der Waals surface area (Å²) in [6, 6.07) is 5.04. The molecular formula is C15H22N2O3. The Bertz CT molecular complexity index is 498. The maximum absolute atomic E-state index is 11.9. The largest absolute Gasteiger partial charge is 0.452 e. The molecule has 0 aliphatic heterocycles. The molecule has 5 heteroatoms. The molecule has 0 aliphatic carbocycles. The number of esters is 1. The number of nitrogens with two attached hydrogens (primary N) is 1. The van der Waals surface area contributed by atoms with Gasteiger partial charge in [-0.15, -0.1) is 0 Å². The third kappa shape index (κ3) is 4.57. The van der Waals surface area contributed by atoms with Crippen LogP contribution < -0.4 is 11.1 Å². The van der Waals surface area contributed by atoms with Crippen LogP contribution in [0.15, 0.2) is 18.2 Å². The van der Waals surface area contributed by atoms with E-state index in [1.807, 2.05) is 20.8 Å². The molecule has 0 heterocycles. The molecule has 5 nitrogen and oxygen atoms in total. The predicted octanol–water partition coefficient (Wildman–Crippen LogP) is 1.89. The molecule has 1 rings (SSSR count). The quantitative estimate of drug-likeness (QED) is 0.636. The van der Waals surface area contributed by atoms with Crippen LogP contribution in [0.3, 0.4) is 0 Å². The van der Waals surface area contributed by atoms with Crippen molar-refractivity contribution < 1.29 is 14.3 Å². The van der Waals surface area contributed by atoms with Gasteiger partial charge in [0, 0.05) is 11.7 Å². The van der Waals surface area contributed by atoms with Crippen molar-refractivity contribution in [1.29, 1.82) is 0 Å². The van der Waals surface area contributed by atoms with Gasteiger partial charge in [0.2, 0.25) is 0 Å². The molecule has 20 heavy (non-hydrogen) atoms.